The van der Waals surface area contributed by atoms with Gasteiger partial charge in [-0.1, -0.05) is 39.3 Å². The van der Waals surface area contributed by atoms with Gasteiger partial charge in [-0.05, 0) is 48.4 Å². The summed E-state index contributed by atoms with van der Waals surface area (Å²) in [6.45, 7) is 6.72. The largest absolute Gasteiger partial charge is 0.376 e. The topological polar surface area (TPSA) is 78.5 Å². The van der Waals surface area contributed by atoms with Crippen molar-refractivity contribution in [2.45, 2.75) is 38.5 Å². The zero-order valence-corrected chi connectivity index (χ0v) is 17.6. The summed E-state index contributed by atoms with van der Waals surface area (Å²) in [6, 6.07) is 14.3. The van der Waals surface area contributed by atoms with Gasteiger partial charge in [-0.3, -0.25) is 4.79 Å². The number of hydrogen-bond acceptors (Lipinski definition) is 4. The molecule has 7 heteroatoms. The minimum absolute atomic E-state index is 0.132. The van der Waals surface area contributed by atoms with Gasteiger partial charge in [-0.2, -0.15) is 4.31 Å². The minimum atomic E-state index is -3.49. The molecule has 0 atom stereocenters. The van der Waals surface area contributed by atoms with Gasteiger partial charge in [-0.25, -0.2) is 8.42 Å². The lowest BCUT2D eigenvalue weighted by atomic mass is 10.1. The van der Waals surface area contributed by atoms with Crippen molar-refractivity contribution in [1.29, 1.82) is 0 Å². The average Bonchev–Trinajstić information content (AvgIpc) is 2.69. The Morgan fingerprint density at radius 1 is 0.893 bits per heavy atom. The first-order valence-electron chi connectivity index (χ1n) is 9.63. The second kappa shape index (κ2) is 10.2. The lowest BCUT2D eigenvalue weighted by Crippen LogP contribution is -2.30. The lowest BCUT2D eigenvalue weighted by molar-refractivity contribution is -0.114. The maximum Gasteiger partial charge on any atom is 0.243 e. The Balaban J connectivity index is 1.92. The van der Waals surface area contributed by atoms with Crippen molar-refractivity contribution in [2.24, 2.45) is 0 Å². The van der Waals surface area contributed by atoms with Crippen LogP contribution in [0.25, 0.3) is 0 Å². The van der Waals surface area contributed by atoms with E-state index in [1.807, 2.05) is 12.1 Å². The van der Waals surface area contributed by atoms with Gasteiger partial charge >= 0.3 is 0 Å². The monoisotopic (exact) mass is 403 g/mol. The van der Waals surface area contributed by atoms with E-state index in [1.54, 1.807) is 26.0 Å². The van der Waals surface area contributed by atoms with E-state index < -0.39 is 10.0 Å². The lowest BCUT2D eigenvalue weighted by Gasteiger charge is -2.18. The van der Waals surface area contributed by atoms with Crippen LogP contribution in [0.5, 0.6) is 0 Å². The number of carbonyl (C=O) groups is 1. The Bertz CT molecular complexity index is 859. The van der Waals surface area contributed by atoms with Crippen molar-refractivity contribution >= 4 is 27.3 Å². The summed E-state index contributed by atoms with van der Waals surface area (Å²) in [5.41, 5.74) is 2.72. The SMILES string of the molecule is CCCc1ccc(NCC(=O)Nc2ccc(S(=O)(=O)N(CC)CC)cc2)cc1. The van der Waals surface area contributed by atoms with E-state index in [0.717, 1.165) is 18.5 Å². The molecule has 0 spiro atoms. The summed E-state index contributed by atoms with van der Waals surface area (Å²) in [5, 5.41) is 5.86. The van der Waals surface area contributed by atoms with Crippen LogP contribution in [-0.4, -0.2) is 38.3 Å². The molecule has 0 saturated heterocycles. The van der Waals surface area contributed by atoms with Gasteiger partial charge in [0.25, 0.3) is 0 Å². The van der Waals surface area contributed by atoms with Crippen LogP contribution in [0.3, 0.4) is 0 Å². The van der Waals surface area contributed by atoms with Crippen LogP contribution in [0, 0.1) is 0 Å². The molecule has 0 aromatic heterocycles. The Kier molecular flexibility index (Phi) is 8.02. The molecule has 0 saturated carbocycles. The third-order valence-electron chi connectivity index (χ3n) is 4.43. The molecule has 152 valence electrons. The number of aryl methyl sites for hydroxylation is 1. The molecule has 0 bridgehead atoms. The van der Waals surface area contributed by atoms with Crippen LogP contribution in [-0.2, 0) is 21.2 Å². The number of nitrogens with one attached hydrogen (secondary N) is 2. The third kappa shape index (κ3) is 5.81. The maximum absolute atomic E-state index is 12.5. The van der Waals surface area contributed by atoms with Crippen LogP contribution < -0.4 is 10.6 Å². The molecular formula is C21H29N3O3S. The van der Waals surface area contributed by atoms with Gasteiger partial charge < -0.3 is 10.6 Å². The highest BCUT2D eigenvalue weighted by molar-refractivity contribution is 7.89. The molecule has 0 heterocycles. The fourth-order valence-corrected chi connectivity index (χ4v) is 4.35. The molecule has 0 aliphatic heterocycles. The quantitative estimate of drug-likeness (QED) is 0.634. The van der Waals surface area contributed by atoms with E-state index in [1.165, 1.54) is 22.0 Å². The van der Waals surface area contributed by atoms with Crippen LogP contribution in [0.1, 0.15) is 32.8 Å². The van der Waals surface area contributed by atoms with Crippen molar-refractivity contribution in [3.05, 3.63) is 54.1 Å². The van der Waals surface area contributed by atoms with Crippen molar-refractivity contribution in [3.63, 3.8) is 0 Å². The minimum Gasteiger partial charge on any atom is -0.376 e. The van der Waals surface area contributed by atoms with Crippen LogP contribution in [0.4, 0.5) is 11.4 Å². The van der Waals surface area contributed by atoms with Crippen molar-refractivity contribution in [3.8, 4) is 0 Å². The predicted octanol–water partition coefficient (Wildman–Crippen LogP) is 3.72. The molecule has 0 aliphatic carbocycles. The summed E-state index contributed by atoms with van der Waals surface area (Å²) < 4.78 is 26.4. The van der Waals surface area contributed by atoms with Crippen LogP contribution in [0.15, 0.2) is 53.4 Å². The van der Waals surface area contributed by atoms with Crippen LogP contribution in [0.2, 0.25) is 0 Å². The van der Waals surface area contributed by atoms with E-state index in [0.29, 0.717) is 18.8 Å². The van der Waals surface area contributed by atoms with E-state index >= 15 is 0 Å². The summed E-state index contributed by atoms with van der Waals surface area (Å²) in [6.07, 6.45) is 2.14. The first-order chi connectivity index (χ1) is 13.4. The van der Waals surface area contributed by atoms with E-state index in [-0.39, 0.29) is 17.3 Å². The zero-order valence-electron chi connectivity index (χ0n) is 16.7. The molecule has 0 unspecified atom stereocenters. The summed E-state index contributed by atoms with van der Waals surface area (Å²) >= 11 is 0. The molecule has 2 rings (SSSR count). The number of rotatable bonds is 10. The normalized spacial score (nSPS) is 11.4. The van der Waals surface area contributed by atoms with Crippen molar-refractivity contribution in [1.82, 2.24) is 4.31 Å². The molecule has 0 fully saturated rings. The number of hydrogen-bond donors (Lipinski definition) is 2. The van der Waals surface area contributed by atoms with Gasteiger partial charge in [0.1, 0.15) is 0 Å². The maximum atomic E-state index is 12.5. The van der Waals surface area contributed by atoms with Crippen molar-refractivity contribution in [2.75, 3.05) is 30.3 Å². The Hall–Kier alpha value is -2.38. The fourth-order valence-electron chi connectivity index (χ4n) is 2.89. The molecule has 2 aromatic rings. The highest BCUT2D eigenvalue weighted by Crippen LogP contribution is 2.18. The van der Waals surface area contributed by atoms with Gasteiger partial charge in [0.15, 0.2) is 0 Å². The Morgan fingerprint density at radius 2 is 1.46 bits per heavy atom. The second-order valence-corrected chi connectivity index (χ2v) is 8.40. The van der Waals surface area contributed by atoms with E-state index in [4.69, 9.17) is 0 Å². The summed E-state index contributed by atoms with van der Waals surface area (Å²) in [4.78, 5) is 12.4. The molecule has 28 heavy (non-hydrogen) atoms. The number of amides is 1. The number of benzene rings is 2. The third-order valence-corrected chi connectivity index (χ3v) is 6.49. The molecule has 0 radical (unpaired) electrons. The first kappa shape index (κ1) is 21.9. The predicted molar refractivity (Wildman–Crippen MR) is 114 cm³/mol. The molecule has 2 N–H and O–H groups in total. The van der Waals surface area contributed by atoms with Crippen molar-refractivity contribution < 1.29 is 13.2 Å². The molecule has 2 aromatic carbocycles. The molecular weight excluding hydrogens is 374 g/mol. The van der Waals surface area contributed by atoms with Gasteiger partial charge in [0, 0.05) is 24.5 Å². The Labute approximate surface area is 168 Å². The standard InChI is InChI=1S/C21H29N3O3S/c1-4-7-17-8-10-18(11-9-17)22-16-21(25)23-19-12-14-20(15-13-19)28(26,27)24(5-2)6-3/h8-15,22H,4-7,16H2,1-3H3,(H,23,25). The Morgan fingerprint density at radius 3 is 2.00 bits per heavy atom. The fraction of sp³-hybridized carbons (Fsp3) is 0.381. The molecule has 1 amide bonds. The average molecular weight is 404 g/mol. The van der Waals surface area contributed by atoms with E-state index in [9.17, 15) is 13.2 Å². The highest BCUT2D eigenvalue weighted by atomic mass is 32.2. The highest BCUT2D eigenvalue weighted by Gasteiger charge is 2.21. The second-order valence-electron chi connectivity index (χ2n) is 6.46. The summed E-state index contributed by atoms with van der Waals surface area (Å²) in [5.74, 6) is -0.197. The first-order valence-corrected chi connectivity index (χ1v) is 11.1. The van der Waals surface area contributed by atoms with Gasteiger partial charge in [0.2, 0.25) is 15.9 Å². The number of nitrogens with zero attached hydrogens (tertiary/aromatic N) is 1. The zero-order chi connectivity index (χ0) is 20.6. The number of sulfonamides is 1. The van der Waals surface area contributed by atoms with Gasteiger partial charge in [-0.15, -0.1) is 0 Å². The molecule has 6 nitrogen and oxygen atoms in total. The smallest absolute Gasteiger partial charge is 0.243 e. The number of carbonyl (C=O) groups excluding carboxylic acids is 1. The van der Waals surface area contributed by atoms with Crippen LogP contribution >= 0.6 is 0 Å². The summed E-state index contributed by atoms with van der Waals surface area (Å²) in [7, 11) is -3.49. The van der Waals surface area contributed by atoms with Gasteiger partial charge in [0.05, 0.1) is 11.4 Å². The van der Waals surface area contributed by atoms with E-state index in [2.05, 4.69) is 29.7 Å². The molecule has 0 aliphatic rings. The number of anilines is 2.